The van der Waals surface area contributed by atoms with Crippen LogP contribution in [0.15, 0.2) is 228 Å². The number of hydrogen-bond acceptors (Lipinski definition) is 4. The summed E-state index contributed by atoms with van der Waals surface area (Å²) in [6, 6.07) is 49.4. The molecule has 1 aliphatic heterocycles. The summed E-state index contributed by atoms with van der Waals surface area (Å²) < 4.78 is 0. The van der Waals surface area contributed by atoms with Gasteiger partial charge in [-0.25, -0.2) is 9.97 Å². The largest absolute Gasteiger partial charge is 0.357 e. The molecule has 298 valence electrons. The summed E-state index contributed by atoms with van der Waals surface area (Å²) in [7, 11) is 0. The van der Waals surface area contributed by atoms with Crippen LogP contribution in [0.5, 0.6) is 0 Å². The Morgan fingerprint density at radius 3 is 1.73 bits per heavy atom. The fraction of sp³-hybridized carbons (Fsp3) is 0.121. The Balaban J connectivity index is 0.932. The van der Waals surface area contributed by atoms with E-state index in [1.54, 1.807) is 6.21 Å². The molecule has 0 spiro atoms. The smallest absolute Gasteiger partial charge is 0.160 e. The van der Waals surface area contributed by atoms with Crippen LogP contribution in [0.3, 0.4) is 0 Å². The Bertz CT molecular complexity index is 2940. The second kappa shape index (κ2) is 16.2. The molecular formula is C58H46N4. The lowest BCUT2D eigenvalue weighted by Gasteiger charge is -2.39. The third-order valence-electron chi connectivity index (χ3n) is 13.0. The van der Waals surface area contributed by atoms with E-state index in [1.807, 2.05) is 24.3 Å². The first kappa shape index (κ1) is 37.6. The molecule has 0 bridgehead atoms. The first-order valence-electron chi connectivity index (χ1n) is 21.9. The van der Waals surface area contributed by atoms with Gasteiger partial charge >= 0.3 is 0 Å². The van der Waals surface area contributed by atoms with Crippen molar-refractivity contribution in [1.82, 2.24) is 15.3 Å². The average molecular weight is 799 g/mol. The molecule has 0 radical (unpaired) electrons. The minimum Gasteiger partial charge on any atom is -0.357 e. The number of benzene rings is 5. The number of fused-ring (bicyclic) bond motifs is 2. The van der Waals surface area contributed by atoms with Gasteiger partial charge in [-0.2, -0.15) is 0 Å². The van der Waals surface area contributed by atoms with Crippen LogP contribution in [0, 0.1) is 29.1 Å². The minimum atomic E-state index is 0.113. The maximum atomic E-state index is 8.62. The number of nitrogens with zero attached hydrogens (tertiary/aromatic N) is 2. The Morgan fingerprint density at radius 2 is 1.13 bits per heavy atom. The van der Waals surface area contributed by atoms with Crippen LogP contribution >= 0.6 is 0 Å². The van der Waals surface area contributed by atoms with Gasteiger partial charge in [0, 0.05) is 51.7 Å². The zero-order valence-corrected chi connectivity index (χ0v) is 34.5. The summed E-state index contributed by atoms with van der Waals surface area (Å²) in [6.45, 7) is 0. The predicted octanol–water partition coefficient (Wildman–Crippen LogP) is 13.8. The number of allylic oxidation sites excluding steroid dienone is 14. The van der Waals surface area contributed by atoms with Crippen molar-refractivity contribution >= 4 is 11.8 Å². The van der Waals surface area contributed by atoms with Gasteiger partial charge in [-0.3, -0.25) is 0 Å². The van der Waals surface area contributed by atoms with Crippen molar-refractivity contribution < 1.29 is 0 Å². The SMILES string of the molecule is N=C/C(C1=CC=CCC1)=C1\NC(C2=CC=CC3CC23)=C(c2ccc(-c3ccc(-c4cc(-c5ccc(-c6ccccc6)cc5)nc(-c5ccccc5)n4)cc3)cc2)C2C=CC=CC12. The second-order valence-corrected chi connectivity index (χ2v) is 16.8. The average Bonchev–Trinajstić information content (AvgIpc) is 4.16. The third kappa shape index (κ3) is 7.18. The Hall–Kier alpha value is -7.43. The van der Waals surface area contributed by atoms with Gasteiger partial charge in [0.2, 0.25) is 0 Å². The van der Waals surface area contributed by atoms with E-state index in [9.17, 15) is 0 Å². The molecule has 0 saturated heterocycles. The summed E-state index contributed by atoms with van der Waals surface area (Å²) in [6.07, 6.45) is 27.3. The molecular weight excluding hydrogens is 753 g/mol. The van der Waals surface area contributed by atoms with Gasteiger partial charge in [-0.05, 0) is 81.7 Å². The van der Waals surface area contributed by atoms with Crippen molar-refractivity contribution in [2.75, 3.05) is 0 Å². The summed E-state index contributed by atoms with van der Waals surface area (Å²) in [5.41, 5.74) is 18.1. The fourth-order valence-corrected chi connectivity index (χ4v) is 9.67. The monoisotopic (exact) mass is 798 g/mol. The lowest BCUT2D eigenvalue weighted by Crippen LogP contribution is -2.35. The first-order valence-corrected chi connectivity index (χ1v) is 21.9. The van der Waals surface area contributed by atoms with Crippen molar-refractivity contribution in [1.29, 1.82) is 5.41 Å². The van der Waals surface area contributed by atoms with Gasteiger partial charge in [0.25, 0.3) is 0 Å². The Labute approximate surface area is 364 Å². The van der Waals surface area contributed by atoms with E-state index in [4.69, 9.17) is 15.4 Å². The molecule has 4 heteroatoms. The van der Waals surface area contributed by atoms with Crippen LogP contribution < -0.4 is 5.32 Å². The highest BCUT2D eigenvalue weighted by Crippen LogP contribution is 2.54. The maximum absolute atomic E-state index is 8.62. The lowest BCUT2D eigenvalue weighted by molar-refractivity contribution is 0.574. The normalized spacial score (nSPS) is 21.6. The molecule has 1 aromatic heterocycles. The van der Waals surface area contributed by atoms with Crippen molar-refractivity contribution in [3.8, 4) is 56.2 Å². The molecule has 4 nitrogen and oxygen atoms in total. The van der Waals surface area contributed by atoms with Crippen LogP contribution in [0.2, 0.25) is 0 Å². The van der Waals surface area contributed by atoms with Gasteiger partial charge in [0.15, 0.2) is 5.82 Å². The summed E-state index contributed by atoms with van der Waals surface area (Å²) in [4.78, 5) is 10.2. The highest BCUT2D eigenvalue weighted by Gasteiger charge is 2.44. The highest BCUT2D eigenvalue weighted by atomic mass is 14.9. The van der Waals surface area contributed by atoms with Crippen molar-refractivity contribution in [3.63, 3.8) is 0 Å². The molecule has 4 atom stereocenters. The number of aromatic nitrogens is 2. The molecule has 2 heterocycles. The van der Waals surface area contributed by atoms with Crippen LogP contribution in [0.1, 0.15) is 24.8 Å². The number of hydrogen-bond donors (Lipinski definition) is 2. The zero-order valence-electron chi connectivity index (χ0n) is 34.5. The van der Waals surface area contributed by atoms with Crippen LogP contribution in [0.4, 0.5) is 0 Å². The van der Waals surface area contributed by atoms with Gasteiger partial charge in [0.1, 0.15) is 0 Å². The predicted molar refractivity (Wildman–Crippen MR) is 256 cm³/mol. The third-order valence-corrected chi connectivity index (χ3v) is 13.0. The number of rotatable bonds is 9. The topological polar surface area (TPSA) is 61.7 Å². The quantitative estimate of drug-likeness (QED) is 0.143. The van der Waals surface area contributed by atoms with Crippen LogP contribution in [-0.4, -0.2) is 16.2 Å². The molecule has 5 aliphatic rings. The van der Waals surface area contributed by atoms with Crippen molar-refractivity contribution in [3.05, 3.63) is 234 Å². The fourth-order valence-electron chi connectivity index (χ4n) is 9.67. The van der Waals surface area contributed by atoms with Gasteiger partial charge in [-0.1, -0.05) is 194 Å². The summed E-state index contributed by atoms with van der Waals surface area (Å²) in [5, 5.41) is 12.6. The molecule has 4 unspecified atom stereocenters. The first-order chi connectivity index (χ1) is 30.7. The van der Waals surface area contributed by atoms with Gasteiger partial charge in [0.05, 0.1) is 11.4 Å². The van der Waals surface area contributed by atoms with E-state index >= 15 is 0 Å². The molecule has 0 amide bonds. The molecule has 6 aromatic rings. The molecule has 1 saturated carbocycles. The van der Waals surface area contributed by atoms with E-state index < -0.39 is 0 Å². The molecule has 11 rings (SSSR count). The van der Waals surface area contributed by atoms with Gasteiger partial charge < -0.3 is 10.7 Å². The molecule has 4 aliphatic carbocycles. The molecule has 1 fully saturated rings. The van der Waals surface area contributed by atoms with E-state index in [1.165, 1.54) is 51.1 Å². The van der Waals surface area contributed by atoms with E-state index in [0.29, 0.717) is 17.7 Å². The standard InChI is InChI=1S/C58H46N4/c59-37-52(42-15-6-2-7-16-42)56-49-21-11-10-20-48(49)55(57(62-56)50-22-12-19-47-35-51(47)50)45-33-27-41(28-34-45)40-25-31-44(32-26-40)54-36-53(60-58(61-54)46-17-8-3-9-18-46)43-29-23-39(24-30-43)38-13-4-1-5-14-38/h1-6,8-15,17-34,36-37,47-49,51,59,62H,7,16,35H2/b56-52+,59-37?. The molecule has 62 heavy (non-hydrogen) atoms. The minimum absolute atomic E-state index is 0.113. The Morgan fingerprint density at radius 1 is 0.565 bits per heavy atom. The van der Waals surface area contributed by atoms with E-state index in [0.717, 1.165) is 57.8 Å². The maximum Gasteiger partial charge on any atom is 0.160 e. The Kier molecular flexibility index (Phi) is 9.82. The van der Waals surface area contributed by atoms with Crippen LogP contribution in [-0.2, 0) is 0 Å². The molecule has 2 N–H and O–H groups in total. The van der Waals surface area contributed by atoms with Gasteiger partial charge in [-0.15, -0.1) is 0 Å². The van der Waals surface area contributed by atoms with Crippen molar-refractivity contribution in [2.24, 2.45) is 23.7 Å². The van der Waals surface area contributed by atoms with Crippen LogP contribution in [0.25, 0.3) is 61.7 Å². The lowest BCUT2D eigenvalue weighted by atomic mass is 9.72. The summed E-state index contributed by atoms with van der Waals surface area (Å²) >= 11 is 0. The second-order valence-electron chi connectivity index (χ2n) is 16.8. The van der Waals surface area contributed by atoms with E-state index in [-0.39, 0.29) is 11.8 Å². The molecule has 5 aromatic carbocycles. The number of nitrogens with one attached hydrogen (secondary N) is 2. The van der Waals surface area contributed by atoms with Crippen molar-refractivity contribution in [2.45, 2.75) is 19.3 Å². The zero-order chi connectivity index (χ0) is 41.4. The highest BCUT2D eigenvalue weighted by molar-refractivity contribution is 5.87. The summed E-state index contributed by atoms with van der Waals surface area (Å²) in [5.74, 6) is 2.12. The van der Waals surface area contributed by atoms with E-state index in [2.05, 4.69) is 181 Å².